The number of likely N-dealkylation sites (tertiary alicyclic amines) is 1. The van der Waals surface area contributed by atoms with Crippen LogP contribution < -0.4 is 0 Å². The van der Waals surface area contributed by atoms with Gasteiger partial charge in [0.1, 0.15) is 5.60 Å². The van der Waals surface area contributed by atoms with Crippen LogP contribution in [0.4, 0.5) is 0 Å². The first-order valence-electron chi connectivity index (χ1n) is 3.47. The van der Waals surface area contributed by atoms with Gasteiger partial charge in [-0.25, -0.2) is 0 Å². The Morgan fingerprint density at radius 1 is 1.80 bits per heavy atom. The van der Waals surface area contributed by atoms with E-state index in [9.17, 15) is 5.11 Å². The average molecular weight is 139 g/mol. The van der Waals surface area contributed by atoms with Crippen molar-refractivity contribution < 1.29 is 5.11 Å². The van der Waals surface area contributed by atoms with E-state index >= 15 is 0 Å². The Hall–Kier alpha value is -0.520. The molecule has 1 aliphatic rings. The lowest BCUT2D eigenvalue weighted by Crippen LogP contribution is -2.34. The molecule has 2 heteroatoms. The minimum absolute atomic E-state index is 0.197. The highest BCUT2D eigenvalue weighted by atomic mass is 16.3. The summed E-state index contributed by atoms with van der Waals surface area (Å²) in [5.41, 5.74) is -0.880. The number of rotatable bonds is 0. The second kappa shape index (κ2) is 2.26. The van der Waals surface area contributed by atoms with Gasteiger partial charge >= 0.3 is 0 Å². The zero-order valence-electron chi connectivity index (χ0n) is 6.46. The molecule has 0 aromatic rings. The molecule has 0 radical (unpaired) electrons. The fourth-order valence-electron chi connectivity index (χ4n) is 1.44. The summed E-state index contributed by atoms with van der Waals surface area (Å²) in [5.74, 6) is 2.63. The Balaban J connectivity index is 2.73. The van der Waals surface area contributed by atoms with E-state index in [0.29, 0.717) is 6.54 Å². The molecule has 0 aromatic heterocycles. The number of aliphatic hydroxyl groups is 1. The molecule has 0 unspecified atom stereocenters. The highest BCUT2D eigenvalue weighted by Crippen LogP contribution is 2.24. The lowest BCUT2D eigenvalue weighted by molar-refractivity contribution is 0.0787. The van der Waals surface area contributed by atoms with E-state index in [1.165, 1.54) is 0 Å². The Morgan fingerprint density at radius 2 is 2.40 bits per heavy atom. The molecule has 1 fully saturated rings. The lowest BCUT2D eigenvalue weighted by atomic mass is 9.94. The van der Waals surface area contributed by atoms with Crippen molar-refractivity contribution in [3.05, 3.63) is 0 Å². The first kappa shape index (κ1) is 7.59. The fourth-order valence-corrected chi connectivity index (χ4v) is 1.44. The molecule has 56 valence electrons. The number of terminal acetylenes is 1. The number of hydrogen-bond donors (Lipinski definition) is 1. The monoisotopic (exact) mass is 139 g/mol. The predicted octanol–water partition coefficient (Wildman–Crippen LogP) is -0.0678. The summed E-state index contributed by atoms with van der Waals surface area (Å²) < 4.78 is 0. The molecule has 10 heavy (non-hydrogen) atoms. The number of nitrogens with zero attached hydrogens (tertiary/aromatic N) is 1. The van der Waals surface area contributed by atoms with E-state index < -0.39 is 5.60 Å². The summed E-state index contributed by atoms with van der Waals surface area (Å²) in [5, 5.41) is 9.66. The van der Waals surface area contributed by atoms with Gasteiger partial charge in [-0.3, -0.25) is 0 Å². The highest BCUT2D eigenvalue weighted by Gasteiger charge is 2.39. The molecule has 0 saturated carbocycles. The minimum Gasteiger partial charge on any atom is -0.376 e. The molecule has 0 bridgehead atoms. The molecule has 0 amide bonds. The minimum atomic E-state index is -0.880. The summed E-state index contributed by atoms with van der Waals surface area (Å²) in [7, 11) is 1.96. The van der Waals surface area contributed by atoms with E-state index in [-0.39, 0.29) is 5.92 Å². The molecular formula is C8H13NO. The standard InChI is InChI=1S/C8H13NO/c1-4-8(10)6-9(3)5-7(8)2/h1,7,10H,5-6H2,2-3H3/t7-,8+/m0/s1. The first-order chi connectivity index (χ1) is 4.58. The number of β-amino-alcohol motifs (C(OH)–C–C–N with tert-alkyl or cyclic N) is 1. The molecule has 1 heterocycles. The van der Waals surface area contributed by atoms with Gasteiger partial charge in [0.05, 0.1) is 0 Å². The summed E-state index contributed by atoms with van der Waals surface area (Å²) in [6.45, 7) is 3.47. The van der Waals surface area contributed by atoms with E-state index in [1.54, 1.807) is 0 Å². The van der Waals surface area contributed by atoms with Crippen LogP contribution in [0.5, 0.6) is 0 Å². The third-order valence-electron chi connectivity index (χ3n) is 2.16. The second-order valence-corrected chi connectivity index (χ2v) is 3.17. The van der Waals surface area contributed by atoms with Crippen molar-refractivity contribution in [3.63, 3.8) is 0 Å². The number of likely N-dealkylation sites (N-methyl/N-ethyl adjacent to an activating group) is 1. The molecule has 1 saturated heterocycles. The van der Waals surface area contributed by atoms with Crippen molar-refractivity contribution in [2.45, 2.75) is 12.5 Å². The third kappa shape index (κ3) is 1.03. The van der Waals surface area contributed by atoms with Crippen molar-refractivity contribution in [2.24, 2.45) is 5.92 Å². The smallest absolute Gasteiger partial charge is 0.141 e. The summed E-state index contributed by atoms with van der Waals surface area (Å²) in [4.78, 5) is 2.05. The lowest BCUT2D eigenvalue weighted by Gasteiger charge is -2.18. The molecule has 1 N–H and O–H groups in total. The van der Waals surface area contributed by atoms with Crippen molar-refractivity contribution >= 4 is 0 Å². The summed E-state index contributed by atoms with van der Waals surface area (Å²) in [6, 6.07) is 0. The van der Waals surface area contributed by atoms with Crippen molar-refractivity contribution in [1.82, 2.24) is 4.90 Å². The Morgan fingerprint density at radius 3 is 2.60 bits per heavy atom. The van der Waals surface area contributed by atoms with Crippen LogP contribution in [-0.2, 0) is 0 Å². The van der Waals surface area contributed by atoms with Crippen LogP contribution in [-0.4, -0.2) is 35.7 Å². The van der Waals surface area contributed by atoms with Gasteiger partial charge in [-0.05, 0) is 7.05 Å². The third-order valence-corrected chi connectivity index (χ3v) is 2.16. The van der Waals surface area contributed by atoms with Gasteiger partial charge in [0.15, 0.2) is 0 Å². The second-order valence-electron chi connectivity index (χ2n) is 3.17. The normalized spacial score (nSPS) is 41.6. The molecule has 1 aliphatic heterocycles. The van der Waals surface area contributed by atoms with Gasteiger partial charge in [-0.15, -0.1) is 6.42 Å². The molecular weight excluding hydrogens is 126 g/mol. The van der Waals surface area contributed by atoms with Crippen LogP contribution in [0.25, 0.3) is 0 Å². The van der Waals surface area contributed by atoms with E-state index in [2.05, 4.69) is 5.92 Å². The molecule has 0 aliphatic carbocycles. The van der Waals surface area contributed by atoms with Gasteiger partial charge in [-0.1, -0.05) is 12.8 Å². The fraction of sp³-hybridized carbons (Fsp3) is 0.750. The summed E-state index contributed by atoms with van der Waals surface area (Å²) in [6.07, 6.45) is 5.19. The van der Waals surface area contributed by atoms with Gasteiger partial charge in [-0.2, -0.15) is 0 Å². The topological polar surface area (TPSA) is 23.5 Å². The first-order valence-corrected chi connectivity index (χ1v) is 3.47. The van der Waals surface area contributed by atoms with Gasteiger partial charge in [0.25, 0.3) is 0 Å². The van der Waals surface area contributed by atoms with Gasteiger partial charge in [0.2, 0.25) is 0 Å². The predicted molar refractivity (Wildman–Crippen MR) is 40.4 cm³/mol. The van der Waals surface area contributed by atoms with Crippen LogP contribution in [0.2, 0.25) is 0 Å². The van der Waals surface area contributed by atoms with E-state index in [4.69, 9.17) is 6.42 Å². The van der Waals surface area contributed by atoms with Gasteiger partial charge in [0, 0.05) is 19.0 Å². The maximum absolute atomic E-state index is 9.66. The largest absolute Gasteiger partial charge is 0.376 e. The van der Waals surface area contributed by atoms with Crippen molar-refractivity contribution in [2.75, 3.05) is 20.1 Å². The quantitative estimate of drug-likeness (QED) is 0.475. The Labute approximate surface area is 61.8 Å². The maximum Gasteiger partial charge on any atom is 0.141 e. The molecule has 0 spiro atoms. The van der Waals surface area contributed by atoms with E-state index in [0.717, 1.165) is 6.54 Å². The highest BCUT2D eigenvalue weighted by molar-refractivity contribution is 5.14. The van der Waals surface area contributed by atoms with Gasteiger partial charge < -0.3 is 10.0 Å². The average Bonchev–Trinajstić information content (AvgIpc) is 2.09. The SMILES string of the molecule is C#C[C@@]1(O)CN(C)C[C@@H]1C. The Bertz CT molecular complexity index is 173. The Kier molecular flexibility index (Phi) is 1.72. The maximum atomic E-state index is 9.66. The number of hydrogen-bond acceptors (Lipinski definition) is 2. The van der Waals surface area contributed by atoms with Crippen molar-refractivity contribution in [1.29, 1.82) is 0 Å². The zero-order chi connectivity index (χ0) is 7.78. The molecule has 1 rings (SSSR count). The van der Waals surface area contributed by atoms with Crippen LogP contribution in [0.3, 0.4) is 0 Å². The molecule has 0 aromatic carbocycles. The summed E-state index contributed by atoms with van der Waals surface area (Å²) >= 11 is 0. The molecule has 2 atom stereocenters. The zero-order valence-corrected chi connectivity index (χ0v) is 6.46. The molecule has 2 nitrogen and oxygen atoms in total. The van der Waals surface area contributed by atoms with Crippen LogP contribution >= 0.6 is 0 Å². The van der Waals surface area contributed by atoms with Crippen molar-refractivity contribution in [3.8, 4) is 12.3 Å². The van der Waals surface area contributed by atoms with Crippen LogP contribution in [0.1, 0.15) is 6.92 Å². The van der Waals surface area contributed by atoms with E-state index in [1.807, 2.05) is 18.9 Å². The van der Waals surface area contributed by atoms with Crippen LogP contribution in [0.15, 0.2) is 0 Å². The van der Waals surface area contributed by atoms with Crippen LogP contribution in [0, 0.1) is 18.3 Å².